The van der Waals surface area contributed by atoms with Crippen LogP contribution in [0.5, 0.6) is 0 Å². The second kappa shape index (κ2) is 9.64. The Bertz CT molecular complexity index is 485. The number of benzene rings is 1. The quantitative estimate of drug-likeness (QED) is 0.226. The van der Waals surface area contributed by atoms with Crippen LogP contribution in [0.15, 0.2) is 18.2 Å². The molecule has 8 nitrogen and oxygen atoms in total. The van der Waals surface area contributed by atoms with Crippen molar-refractivity contribution >= 4 is 16.1 Å². The highest BCUT2D eigenvalue weighted by Gasteiger charge is 1.99. The topological polar surface area (TPSA) is 159 Å². The summed E-state index contributed by atoms with van der Waals surface area (Å²) in [7, 11) is -4.67. The Morgan fingerprint density at radius 1 is 1.20 bits per heavy atom. The molecule has 1 aromatic carbocycles. The molecule has 0 spiro atoms. The summed E-state index contributed by atoms with van der Waals surface area (Å²) in [6.45, 7) is 2.15. The van der Waals surface area contributed by atoms with Gasteiger partial charge >= 0.3 is 10.4 Å². The lowest BCUT2D eigenvalue weighted by molar-refractivity contribution is 0.293. The molecule has 0 fully saturated rings. The van der Waals surface area contributed by atoms with Gasteiger partial charge in [0.2, 0.25) is 0 Å². The molecule has 0 aliphatic carbocycles. The van der Waals surface area contributed by atoms with Crippen molar-refractivity contribution in [1.29, 1.82) is 0 Å². The number of aliphatic hydroxyl groups is 1. The van der Waals surface area contributed by atoms with Crippen molar-refractivity contribution in [2.24, 2.45) is 5.73 Å². The van der Waals surface area contributed by atoms with E-state index in [1.165, 1.54) is 5.56 Å². The Hall–Kier alpha value is -1.23. The van der Waals surface area contributed by atoms with Gasteiger partial charge in [-0.3, -0.25) is 9.11 Å². The molecule has 0 bridgehead atoms. The van der Waals surface area contributed by atoms with Gasteiger partial charge in [-0.25, -0.2) is 0 Å². The largest absolute Gasteiger partial charge is 0.398 e. The van der Waals surface area contributed by atoms with Gasteiger partial charge in [-0.05, 0) is 30.2 Å². The van der Waals surface area contributed by atoms with Crippen molar-refractivity contribution in [3.05, 3.63) is 29.3 Å². The minimum atomic E-state index is -4.67. The van der Waals surface area contributed by atoms with E-state index < -0.39 is 10.4 Å². The summed E-state index contributed by atoms with van der Waals surface area (Å²) in [5, 5.41) is 11.7. The molecule has 0 saturated heterocycles. The first kappa shape index (κ1) is 18.8. The zero-order valence-corrected chi connectivity index (χ0v) is 11.8. The third kappa shape index (κ3) is 10.7. The molecule has 0 unspecified atom stereocenters. The van der Waals surface area contributed by atoms with E-state index >= 15 is 0 Å². The van der Waals surface area contributed by atoms with Crippen molar-refractivity contribution in [1.82, 2.24) is 5.32 Å². The van der Waals surface area contributed by atoms with Gasteiger partial charge in [0.1, 0.15) is 0 Å². The average molecular weight is 307 g/mol. The van der Waals surface area contributed by atoms with Crippen LogP contribution in [0.3, 0.4) is 0 Å². The van der Waals surface area contributed by atoms with Crippen molar-refractivity contribution in [3.63, 3.8) is 0 Å². The monoisotopic (exact) mass is 307 g/mol. The highest BCUT2D eigenvalue weighted by Crippen LogP contribution is 2.13. The number of nitrogens with one attached hydrogen (secondary N) is 1. The molecule has 1 rings (SSSR count). The fourth-order valence-corrected chi connectivity index (χ4v) is 1.43. The van der Waals surface area contributed by atoms with E-state index in [1.54, 1.807) is 0 Å². The molecule has 0 aromatic heterocycles. The third-order valence-corrected chi connectivity index (χ3v) is 2.31. The van der Waals surface area contributed by atoms with Gasteiger partial charge in [0.25, 0.3) is 0 Å². The molecule has 116 valence electrons. The third-order valence-electron chi connectivity index (χ3n) is 2.31. The zero-order valence-electron chi connectivity index (χ0n) is 11.0. The Morgan fingerprint density at radius 3 is 2.30 bits per heavy atom. The first-order chi connectivity index (χ1) is 9.27. The van der Waals surface area contributed by atoms with E-state index in [1.807, 2.05) is 18.2 Å². The lowest BCUT2D eigenvalue weighted by atomic mass is 10.1. The summed E-state index contributed by atoms with van der Waals surface area (Å²) in [5.74, 6) is 0. The molecule has 0 aliphatic rings. The molecule has 0 aliphatic heterocycles. The summed E-state index contributed by atoms with van der Waals surface area (Å²) < 4.78 is 31.6. The normalized spacial score (nSPS) is 10.8. The molecule has 0 atom stereocenters. The van der Waals surface area contributed by atoms with Crippen LogP contribution in [0.2, 0.25) is 0 Å². The van der Waals surface area contributed by atoms with Crippen molar-refractivity contribution in [3.8, 4) is 0 Å². The molecule has 9 heteroatoms. The first-order valence-electron chi connectivity index (χ1n) is 5.86. The molecule has 1 aromatic rings. The minimum Gasteiger partial charge on any atom is -0.398 e. The van der Waals surface area contributed by atoms with Crippen LogP contribution in [-0.2, 0) is 23.4 Å². The van der Waals surface area contributed by atoms with Crippen LogP contribution >= 0.6 is 0 Å². The van der Waals surface area contributed by atoms with E-state index in [4.69, 9.17) is 34.1 Å². The summed E-state index contributed by atoms with van der Waals surface area (Å²) in [6, 6.07) is 5.94. The van der Waals surface area contributed by atoms with Crippen LogP contribution in [0, 0.1) is 0 Å². The second-order valence-corrected chi connectivity index (χ2v) is 4.80. The predicted molar refractivity (Wildman–Crippen MR) is 76.6 cm³/mol. The molecular weight excluding hydrogens is 286 g/mol. The Balaban J connectivity index is 0.000000621. The molecule has 0 saturated carbocycles. The van der Waals surface area contributed by atoms with Crippen molar-refractivity contribution in [2.45, 2.75) is 13.0 Å². The minimum absolute atomic E-state index is 0.176. The smallest absolute Gasteiger partial charge is 0.394 e. The lowest BCUT2D eigenvalue weighted by Gasteiger charge is -2.07. The molecular formula is C11H21N3O5S. The standard InChI is InChI=1S/C11H19N3O.H2O4S/c12-8-10-7-9(1-2-11(10)13)3-4-14-5-6-15;1-5(2,3)4/h1-2,7,14-15H,3-6,8,12-13H2;(H2,1,2,3,4). The van der Waals surface area contributed by atoms with Gasteiger partial charge in [-0.2, -0.15) is 8.42 Å². The Kier molecular flexibility index (Phi) is 9.05. The Labute approximate surface area is 118 Å². The number of nitrogens with two attached hydrogens (primary N) is 2. The Morgan fingerprint density at radius 2 is 1.80 bits per heavy atom. The SMILES string of the molecule is NCc1cc(CCNCCO)ccc1N.O=S(=O)(O)O. The number of nitrogen functional groups attached to an aromatic ring is 1. The molecule has 0 radical (unpaired) electrons. The summed E-state index contributed by atoms with van der Waals surface area (Å²) in [4.78, 5) is 0. The van der Waals surface area contributed by atoms with Crippen LogP contribution < -0.4 is 16.8 Å². The number of hydrogen-bond acceptors (Lipinski definition) is 6. The number of hydrogen-bond donors (Lipinski definition) is 6. The summed E-state index contributed by atoms with van der Waals surface area (Å²) in [6.07, 6.45) is 0.924. The van der Waals surface area contributed by atoms with Crippen LogP contribution in [0.1, 0.15) is 11.1 Å². The first-order valence-corrected chi connectivity index (χ1v) is 7.26. The molecule has 20 heavy (non-hydrogen) atoms. The maximum atomic E-state index is 8.74. The van der Waals surface area contributed by atoms with Gasteiger partial charge in [-0.1, -0.05) is 12.1 Å². The summed E-state index contributed by atoms with van der Waals surface area (Å²) >= 11 is 0. The van der Waals surface area contributed by atoms with Gasteiger partial charge < -0.3 is 21.9 Å². The van der Waals surface area contributed by atoms with E-state index in [-0.39, 0.29) is 6.61 Å². The van der Waals surface area contributed by atoms with Gasteiger partial charge in [0, 0.05) is 18.8 Å². The molecule has 0 amide bonds. The maximum absolute atomic E-state index is 8.74. The van der Waals surface area contributed by atoms with Gasteiger partial charge in [0.05, 0.1) is 6.61 Å². The highest BCUT2D eigenvalue weighted by molar-refractivity contribution is 7.79. The number of aliphatic hydroxyl groups excluding tert-OH is 1. The summed E-state index contributed by atoms with van der Waals surface area (Å²) in [5.41, 5.74) is 14.3. The van der Waals surface area contributed by atoms with Crippen molar-refractivity contribution in [2.75, 3.05) is 25.4 Å². The predicted octanol–water partition coefficient (Wildman–Crippen LogP) is -0.801. The van der Waals surface area contributed by atoms with E-state index in [0.717, 1.165) is 24.2 Å². The van der Waals surface area contributed by atoms with Gasteiger partial charge in [0.15, 0.2) is 0 Å². The molecule has 0 heterocycles. The second-order valence-electron chi connectivity index (χ2n) is 3.91. The average Bonchev–Trinajstić information content (AvgIpc) is 2.34. The fourth-order valence-electron chi connectivity index (χ4n) is 1.43. The lowest BCUT2D eigenvalue weighted by Crippen LogP contribution is -2.20. The van der Waals surface area contributed by atoms with Crippen LogP contribution in [0.4, 0.5) is 5.69 Å². The maximum Gasteiger partial charge on any atom is 0.394 e. The van der Waals surface area contributed by atoms with E-state index in [2.05, 4.69) is 5.32 Å². The van der Waals surface area contributed by atoms with Crippen LogP contribution in [-0.4, -0.2) is 42.3 Å². The van der Waals surface area contributed by atoms with Crippen molar-refractivity contribution < 1.29 is 22.6 Å². The van der Waals surface area contributed by atoms with Crippen LogP contribution in [0.25, 0.3) is 0 Å². The zero-order chi connectivity index (χ0) is 15.6. The highest BCUT2D eigenvalue weighted by atomic mass is 32.3. The van der Waals surface area contributed by atoms with E-state index in [9.17, 15) is 0 Å². The number of rotatable bonds is 6. The van der Waals surface area contributed by atoms with Gasteiger partial charge in [-0.15, -0.1) is 0 Å². The number of anilines is 1. The fraction of sp³-hybridized carbons (Fsp3) is 0.455. The molecule has 8 N–H and O–H groups in total. The van der Waals surface area contributed by atoms with E-state index in [0.29, 0.717) is 13.1 Å².